The molecule has 0 bridgehead atoms. The molecule has 0 aromatic heterocycles. The van der Waals surface area contributed by atoms with Gasteiger partial charge in [-0.05, 0) is 55.5 Å². The van der Waals surface area contributed by atoms with Crippen LogP contribution in [-0.2, 0) is 0 Å². The zero-order valence-corrected chi connectivity index (χ0v) is 16.6. The van der Waals surface area contributed by atoms with Crippen molar-refractivity contribution in [2.45, 2.75) is 6.92 Å². The van der Waals surface area contributed by atoms with E-state index in [2.05, 4.69) is 63.8 Å². The van der Waals surface area contributed by atoms with Crippen LogP contribution in [0.5, 0.6) is 0 Å². The summed E-state index contributed by atoms with van der Waals surface area (Å²) >= 11 is 0. The van der Waals surface area contributed by atoms with Gasteiger partial charge < -0.3 is 20.4 Å². The number of anilines is 4. The van der Waals surface area contributed by atoms with Gasteiger partial charge in [0, 0.05) is 48.9 Å². The minimum Gasteiger partial charge on any atom is -0.368 e. The molecule has 3 aromatic carbocycles. The van der Waals surface area contributed by atoms with Crippen molar-refractivity contribution in [1.29, 1.82) is 0 Å². The molecule has 3 aromatic rings. The molecule has 1 saturated heterocycles. The standard InChI is InChI=1S/C24H26N4O/c1-19-7-11-22(12-8-19)27-15-17-28(18-16-27)23-13-9-21(10-14-23)26-24(29)25-20-5-3-2-4-6-20/h2-14H,15-18H2,1H3,(H2,25,26,29). The topological polar surface area (TPSA) is 47.6 Å². The molecule has 2 N–H and O–H groups in total. The molecule has 0 atom stereocenters. The molecule has 5 nitrogen and oxygen atoms in total. The lowest BCUT2D eigenvalue weighted by atomic mass is 10.2. The lowest BCUT2D eigenvalue weighted by Crippen LogP contribution is -2.46. The van der Waals surface area contributed by atoms with E-state index in [0.29, 0.717) is 0 Å². The van der Waals surface area contributed by atoms with Crippen molar-refractivity contribution in [3.63, 3.8) is 0 Å². The van der Waals surface area contributed by atoms with Crippen LogP contribution in [0.3, 0.4) is 0 Å². The maximum Gasteiger partial charge on any atom is 0.323 e. The number of piperazine rings is 1. The van der Waals surface area contributed by atoms with Crippen molar-refractivity contribution in [1.82, 2.24) is 0 Å². The van der Waals surface area contributed by atoms with E-state index in [9.17, 15) is 4.79 Å². The van der Waals surface area contributed by atoms with Gasteiger partial charge in [0.1, 0.15) is 0 Å². The molecule has 148 valence electrons. The van der Waals surface area contributed by atoms with E-state index in [0.717, 1.165) is 37.6 Å². The first-order chi connectivity index (χ1) is 14.2. The molecule has 1 aliphatic heterocycles. The molecule has 0 aliphatic carbocycles. The van der Waals surface area contributed by atoms with Crippen molar-refractivity contribution in [2.75, 3.05) is 46.6 Å². The second kappa shape index (κ2) is 8.69. The van der Waals surface area contributed by atoms with Crippen molar-refractivity contribution >= 4 is 28.8 Å². The summed E-state index contributed by atoms with van der Waals surface area (Å²) in [7, 11) is 0. The highest BCUT2D eigenvalue weighted by Crippen LogP contribution is 2.22. The largest absolute Gasteiger partial charge is 0.368 e. The third-order valence-corrected chi connectivity index (χ3v) is 5.20. The van der Waals surface area contributed by atoms with Crippen LogP contribution in [0.15, 0.2) is 78.9 Å². The summed E-state index contributed by atoms with van der Waals surface area (Å²) < 4.78 is 0. The number of carbonyl (C=O) groups excluding carboxylic acids is 1. The second-order valence-corrected chi connectivity index (χ2v) is 7.30. The number of amides is 2. The maximum absolute atomic E-state index is 12.1. The number of para-hydroxylation sites is 1. The Kier molecular flexibility index (Phi) is 5.66. The average Bonchev–Trinajstić information content (AvgIpc) is 2.76. The Balaban J connectivity index is 1.30. The maximum atomic E-state index is 12.1. The summed E-state index contributed by atoms with van der Waals surface area (Å²) in [5.41, 5.74) is 5.31. The van der Waals surface area contributed by atoms with Crippen molar-refractivity contribution in [3.8, 4) is 0 Å². The molecule has 4 rings (SSSR count). The molecule has 0 spiro atoms. The van der Waals surface area contributed by atoms with Crippen LogP contribution in [0.4, 0.5) is 27.5 Å². The van der Waals surface area contributed by atoms with Crippen molar-refractivity contribution in [2.24, 2.45) is 0 Å². The molecule has 0 unspecified atom stereocenters. The van der Waals surface area contributed by atoms with Gasteiger partial charge in [0.2, 0.25) is 0 Å². The fourth-order valence-electron chi connectivity index (χ4n) is 3.55. The zero-order chi connectivity index (χ0) is 20.1. The van der Waals surface area contributed by atoms with Gasteiger partial charge in [0.25, 0.3) is 0 Å². The van der Waals surface area contributed by atoms with E-state index in [4.69, 9.17) is 0 Å². The predicted octanol–water partition coefficient (Wildman–Crippen LogP) is 4.97. The van der Waals surface area contributed by atoms with Crippen molar-refractivity contribution in [3.05, 3.63) is 84.4 Å². The predicted molar refractivity (Wildman–Crippen MR) is 121 cm³/mol. The molecule has 1 aliphatic rings. The molecule has 5 heteroatoms. The zero-order valence-electron chi connectivity index (χ0n) is 16.6. The highest BCUT2D eigenvalue weighted by Gasteiger charge is 2.17. The van der Waals surface area contributed by atoms with Crippen LogP contribution in [0.2, 0.25) is 0 Å². The third-order valence-electron chi connectivity index (χ3n) is 5.20. The second-order valence-electron chi connectivity index (χ2n) is 7.30. The highest BCUT2D eigenvalue weighted by atomic mass is 16.2. The monoisotopic (exact) mass is 386 g/mol. The number of aryl methyl sites for hydroxylation is 1. The van der Waals surface area contributed by atoms with Crippen LogP contribution in [-0.4, -0.2) is 32.2 Å². The van der Waals surface area contributed by atoms with Gasteiger partial charge in [-0.2, -0.15) is 0 Å². The molecule has 1 fully saturated rings. The summed E-state index contributed by atoms with van der Waals surface area (Å²) in [6.45, 7) is 6.08. The van der Waals surface area contributed by atoms with Crippen LogP contribution < -0.4 is 20.4 Å². The minimum absolute atomic E-state index is 0.240. The van der Waals surface area contributed by atoms with Gasteiger partial charge in [-0.25, -0.2) is 4.79 Å². The van der Waals surface area contributed by atoms with Gasteiger partial charge in [-0.15, -0.1) is 0 Å². The first-order valence-electron chi connectivity index (χ1n) is 9.97. The smallest absolute Gasteiger partial charge is 0.323 e. The lowest BCUT2D eigenvalue weighted by Gasteiger charge is -2.37. The van der Waals surface area contributed by atoms with E-state index < -0.39 is 0 Å². The summed E-state index contributed by atoms with van der Waals surface area (Å²) in [4.78, 5) is 16.9. The van der Waals surface area contributed by atoms with Crippen LogP contribution >= 0.6 is 0 Å². The average molecular weight is 386 g/mol. The quantitative estimate of drug-likeness (QED) is 0.666. The number of nitrogens with zero attached hydrogens (tertiary/aromatic N) is 2. The molecule has 2 amide bonds. The Bertz CT molecular complexity index is 931. The Morgan fingerprint density at radius 1 is 0.655 bits per heavy atom. The first-order valence-corrected chi connectivity index (χ1v) is 9.97. The Hall–Kier alpha value is -3.47. The number of benzene rings is 3. The van der Waals surface area contributed by atoms with Gasteiger partial charge in [0.15, 0.2) is 0 Å². The third kappa shape index (κ3) is 4.88. The van der Waals surface area contributed by atoms with E-state index >= 15 is 0 Å². The van der Waals surface area contributed by atoms with E-state index in [1.807, 2.05) is 42.5 Å². The first kappa shape index (κ1) is 18.9. The van der Waals surface area contributed by atoms with Crippen molar-refractivity contribution < 1.29 is 4.79 Å². The fourth-order valence-corrected chi connectivity index (χ4v) is 3.55. The summed E-state index contributed by atoms with van der Waals surface area (Å²) in [6.07, 6.45) is 0. The SMILES string of the molecule is Cc1ccc(N2CCN(c3ccc(NC(=O)Nc4ccccc4)cc3)CC2)cc1. The molecular weight excluding hydrogens is 360 g/mol. The number of hydrogen-bond donors (Lipinski definition) is 2. The Morgan fingerprint density at radius 3 is 1.62 bits per heavy atom. The normalized spacial score (nSPS) is 13.8. The summed E-state index contributed by atoms with van der Waals surface area (Å²) in [6, 6.07) is 26.0. The lowest BCUT2D eigenvalue weighted by molar-refractivity contribution is 0.262. The number of nitrogens with one attached hydrogen (secondary N) is 2. The molecule has 0 radical (unpaired) electrons. The fraction of sp³-hybridized carbons (Fsp3) is 0.208. The summed E-state index contributed by atoms with van der Waals surface area (Å²) in [5, 5.41) is 5.70. The molecule has 1 heterocycles. The number of urea groups is 1. The van der Waals surface area contributed by atoms with Gasteiger partial charge in [0.05, 0.1) is 0 Å². The number of carbonyl (C=O) groups is 1. The molecular formula is C24H26N4O. The summed E-state index contributed by atoms with van der Waals surface area (Å²) in [5.74, 6) is 0. The van der Waals surface area contributed by atoms with Crippen LogP contribution in [0.25, 0.3) is 0 Å². The van der Waals surface area contributed by atoms with Crippen LogP contribution in [0, 0.1) is 6.92 Å². The Labute approximate surface area is 172 Å². The minimum atomic E-state index is -0.240. The van der Waals surface area contributed by atoms with Gasteiger partial charge in [-0.3, -0.25) is 0 Å². The number of hydrogen-bond acceptors (Lipinski definition) is 3. The van der Waals surface area contributed by atoms with Gasteiger partial charge >= 0.3 is 6.03 Å². The highest BCUT2D eigenvalue weighted by molar-refractivity contribution is 5.99. The number of rotatable bonds is 4. The Morgan fingerprint density at radius 2 is 1.10 bits per heavy atom. The molecule has 0 saturated carbocycles. The van der Waals surface area contributed by atoms with E-state index in [1.54, 1.807) is 0 Å². The van der Waals surface area contributed by atoms with Crippen LogP contribution in [0.1, 0.15) is 5.56 Å². The molecule has 29 heavy (non-hydrogen) atoms. The van der Waals surface area contributed by atoms with Gasteiger partial charge in [-0.1, -0.05) is 35.9 Å². The van der Waals surface area contributed by atoms with E-state index in [1.165, 1.54) is 16.9 Å². The van der Waals surface area contributed by atoms with E-state index in [-0.39, 0.29) is 6.03 Å².